The molecular weight excluding hydrogens is 396 g/mol. The highest BCUT2D eigenvalue weighted by atomic mass is 16.7. The highest BCUT2D eigenvalue weighted by Gasteiger charge is 2.30. The van der Waals surface area contributed by atoms with Crippen molar-refractivity contribution in [2.75, 3.05) is 0 Å². The van der Waals surface area contributed by atoms with Gasteiger partial charge >= 0.3 is 18.0 Å². The molecule has 0 aliphatic carbocycles. The molecule has 30 heavy (non-hydrogen) atoms. The van der Waals surface area contributed by atoms with Gasteiger partial charge < -0.3 is 29.8 Å². The van der Waals surface area contributed by atoms with E-state index in [2.05, 4.69) is 5.32 Å². The third-order valence-corrected chi connectivity index (χ3v) is 3.56. The van der Waals surface area contributed by atoms with Crippen molar-refractivity contribution in [1.29, 1.82) is 0 Å². The zero-order valence-electron chi connectivity index (χ0n) is 16.8. The van der Waals surface area contributed by atoms with E-state index < -0.39 is 47.9 Å². The molecular formula is C20H24N2O8. The predicted octanol–water partition coefficient (Wildman–Crippen LogP) is 1.88. The molecule has 0 saturated carbocycles. The van der Waals surface area contributed by atoms with E-state index in [4.69, 9.17) is 14.3 Å². The number of alkyl carbamates (subject to hydrolysis) is 1. The highest BCUT2D eigenvalue weighted by molar-refractivity contribution is 5.86. The number of aromatic hydroxyl groups is 2. The number of carbonyl (C=O) groups excluding carboxylic acids is 3. The van der Waals surface area contributed by atoms with Gasteiger partial charge in [0.05, 0.1) is 6.42 Å². The molecule has 1 atom stereocenters. The first-order valence-corrected chi connectivity index (χ1v) is 9.06. The summed E-state index contributed by atoms with van der Waals surface area (Å²) in [5, 5.41) is 21.5. The molecule has 2 rings (SSSR count). The number of hydrogen-bond donors (Lipinski definition) is 3. The Bertz CT molecular complexity index is 866. The maximum Gasteiger partial charge on any atom is 0.408 e. The molecule has 0 fully saturated rings. The Kier molecular flexibility index (Phi) is 7.29. The van der Waals surface area contributed by atoms with Crippen LogP contribution in [0.4, 0.5) is 4.79 Å². The molecule has 1 amide bonds. The lowest BCUT2D eigenvalue weighted by Gasteiger charge is -2.22. The lowest BCUT2D eigenvalue weighted by atomic mass is 10.1. The first-order valence-electron chi connectivity index (χ1n) is 9.06. The maximum atomic E-state index is 12.5. The molecule has 3 N–H and O–H groups in total. The first kappa shape index (κ1) is 22.6. The van der Waals surface area contributed by atoms with Crippen LogP contribution in [-0.2, 0) is 25.7 Å². The molecule has 0 bridgehead atoms. The zero-order valence-corrected chi connectivity index (χ0v) is 16.8. The normalized spacial score (nSPS) is 12.0. The number of aromatic nitrogens is 1. The minimum atomic E-state index is -1.50. The van der Waals surface area contributed by atoms with Crippen molar-refractivity contribution in [2.45, 2.75) is 45.4 Å². The Morgan fingerprint density at radius 2 is 1.63 bits per heavy atom. The molecule has 10 heteroatoms. The number of hydrogen-bond acceptors (Lipinski definition) is 8. The number of nitrogens with one attached hydrogen (secondary N) is 1. The van der Waals surface area contributed by atoms with Gasteiger partial charge in [0.15, 0.2) is 0 Å². The van der Waals surface area contributed by atoms with Crippen LogP contribution in [0.3, 0.4) is 0 Å². The Balaban J connectivity index is 2.06. The molecule has 0 unspecified atom stereocenters. The zero-order chi connectivity index (χ0) is 22.3. The van der Waals surface area contributed by atoms with E-state index in [0.717, 1.165) is 17.7 Å². The smallest absolute Gasteiger partial charge is 0.408 e. The number of esters is 1. The molecule has 0 spiro atoms. The van der Waals surface area contributed by atoms with E-state index in [0.29, 0.717) is 4.73 Å². The predicted molar refractivity (Wildman–Crippen MR) is 103 cm³/mol. The van der Waals surface area contributed by atoms with Crippen molar-refractivity contribution in [3.8, 4) is 11.8 Å². The van der Waals surface area contributed by atoms with E-state index in [1.165, 1.54) is 0 Å². The summed E-state index contributed by atoms with van der Waals surface area (Å²) in [6.07, 6.45) is -1.52. The number of nitrogens with zero attached hydrogens (tertiary/aromatic N) is 1. The van der Waals surface area contributed by atoms with E-state index in [-0.39, 0.29) is 6.61 Å². The summed E-state index contributed by atoms with van der Waals surface area (Å²) in [5.41, 5.74) is -0.0860. The van der Waals surface area contributed by atoms with Crippen LogP contribution in [0.25, 0.3) is 0 Å². The van der Waals surface area contributed by atoms with Gasteiger partial charge in [-0.05, 0) is 26.3 Å². The molecule has 0 aliphatic rings. The minimum Gasteiger partial charge on any atom is -0.492 e. The van der Waals surface area contributed by atoms with E-state index in [9.17, 15) is 24.6 Å². The van der Waals surface area contributed by atoms with Crippen LogP contribution in [0.5, 0.6) is 11.8 Å². The second-order valence-corrected chi connectivity index (χ2v) is 7.30. The SMILES string of the molecule is CC(C)(C)OC(=O)C[C@H](NC(=O)OCc1ccccc1)C(=O)On1c(O)ccc1O. The van der Waals surface area contributed by atoms with Crippen molar-refractivity contribution < 1.29 is 38.9 Å². The van der Waals surface area contributed by atoms with Gasteiger partial charge in [-0.3, -0.25) is 4.79 Å². The topological polar surface area (TPSA) is 136 Å². The van der Waals surface area contributed by atoms with Crippen LogP contribution in [0.2, 0.25) is 0 Å². The Labute approximate surface area is 172 Å². The average molecular weight is 420 g/mol. The molecule has 0 saturated heterocycles. The van der Waals surface area contributed by atoms with Gasteiger partial charge in [-0.2, -0.15) is 0 Å². The molecule has 0 radical (unpaired) electrons. The third kappa shape index (κ3) is 7.04. The summed E-state index contributed by atoms with van der Waals surface area (Å²) < 4.78 is 10.7. The van der Waals surface area contributed by atoms with Crippen LogP contribution in [0.15, 0.2) is 42.5 Å². The minimum absolute atomic E-state index is 0.0555. The molecule has 10 nitrogen and oxygen atoms in total. The second-order valence-electron chi connectivity index (χ2n) is 7.30. The van der Waals surface area contributed by atoms with Gasteiger partial charge in [0.2, 0.25) is 11.8 Å². The molecule has 0 aliphatic heterocycles. The molecule has 2 aromatic rings. The lowest BCUT2D eigenvalue weighted by Crippen LogP contribution is -2.46. The van der Waals surface area contributed by atoms with Crippen LogP contribution in [0, 0.1) is 0 Å². The number of carbonyl (C=O) groups is 3. The van der Waals surface area contributed by atoms with Crippen molar-refractivity contribution >= 4 is 18.0 Å². The standard InChI is InChI=1S/C20H24N2O8/c1-20(2,3)29-17(25)11-14(18(26)30-22-15(23)9-10-16(22)24)21-19(27)28-12-13-7-5-4-6-8-13/h4-10,14,23-24H,11-12H2,1-3H3,(H,21,27)/t14-/m0/s1. The van der Waals surface area contributed by atoms with Gasteiger partial charge in [-0.25, -0.2) is 9.59 Å². The van der Waals surface area contributed by atoms with E-state index in [1.807, 2.05) is 6.07 Å². The van der Waals surface area contributed by atoms with Crippen LogP contribution < -0.4 is 10.2 Å². The summed E-state index contributed by atoms with van der Waals surface area (Å²) in [6.45, 7) is 4.89. The summed E-state index contributed by atoms with van der Waals surface area (Å²) in [5.74, 6) is -3.00. The summed E-state index contributed by atoms with van der Waals surface area (Å²) in [7, 11) is 0. The van der Waals surface area contributed by atoms with Gasteiger partial charge in [0.1, 0.15) is 18.2 Å². The monoisotopic (exact) mass is 420 g/mol. The fourth-order valence-electron chi connectivity index (χ4n) is 2.30. The first-order chi connectivity index (χ1) is 14.0. The van der Waals surface area contributed by atoms with Crippen LogP contribution >= 0.6 is 0 Å². The highest BCUT2D eigenvalue weighted by Crippen LogP contribution is 2.19. The van der Waals surface area contributed by atoms with Gasteiger partial charge in [0.25, 0.3) is 0 Å². The molecule has 1 heterocycles. The van der Waals surface area contributed by atoms with Crippen molar-refractivity contribution in [1.82, 2.24) is 10.0 Å². The largest absolute Gasteiger partial charge is 0.492 e. The summed E-state index contributed by atoms with van der Waals surface area (Å²) >= 11 is 0. The molecule has 162 valence electrons. The van der Waals surface area contributed by atoms with Gasteiger partial charge in [-0.1, -0.05) is 30.3 Å². The van der Waals surface area contributed by atoms with Crippen molar-refractivity contribution in [3.05, 3.63) is 48.0 Å². The number of amides is 1. The second kappa shape index (κ2) is 9.68. The Morgan fingerprint density at radius 3 is 2.20 bits per heavy atom. The van der Waals surface area contributed by atoms with Gasteiger partial charge in [0, 0.05) is 12.1 Å². The number of rotatable bonds is 7. The van der Waals surface area contributed by atoms with E-state index >= 15 is 0 Å². The number of ether oxygens (including phenoxy) is 2. The summed E-state index contributed by atoms with van der Waals surface area (Å²) in [4.78, 5) is 41.6. The summed E-state index contributed by atoms with van der Waals surface area (Å²) in [6, 6.07) is 9.53. The van der Waals surface area contributed by atoms with Crippen molar-refractivity contribution in [3.63, 3.8) is 0 Å². The Morgan fingerprint density at radius 1 is 1.03 bits per heavy atom. The van der Waals surface area contributed by atoms with Crippen molar-refractivity contribution in [2.24, 2.45) is 0 Å². The fraction of sp³-hybridized carbons (Fsp3) is 0.350. The van der Waals surface area contributed by atoms with Gasteiger partial charge in [-0.15, -0.1) is 4.73 Å². The fourth-order valence-corrected chi connectivity index (χ4v) is 2.30. The third-order valence-electron chi connectivity index (χ3n) is 3.56. The maximum absolute atomic E-state index is 12.5. The lowest BCUT2D eigenvalue weighted by molar-refractivity contribution is -0.160. The van der Waals surface area contributed by atoms with E-state index in [1.54, 1.807) is 45.0 Å². The average Bonchev–Trinajstić information content (AvgIpc) is 2.97. The molecule has 1 aromatic heterocycles. The molecule has 1 aromatic carbocycles. The van der Waals surface area contributed by atoms with Crippen LogP contribution in [-0.4, -0.2) is 44.6 Å². The Hall–Kier alpha value is -3.69. The van der Waals surface area contributed by atoms with Crippen LogP contribution in [0.1, 0.15) is 32.8 Å². The quantitative estimate of drug-likeness (QED) is 0.578. The number of benzene rings is 1.